The van der Waals surface area contributed by atoms with E-state index in [2.05, 4.69) is 0 Å². The van der Waals surface area contributed by atoms with Crippen LogP contribution in [0.4, 0.5) is 4.39 Å². The molecule has 0 aliphatic carbocycles. The normalized spacial score (nSPS) is 8.79. The molecule has 0 heterocycles. The first kappa shape index (κ1) is 12.8. The molecular weight excluding hydrogens is 183 g/mol. The van der Waals surface area contributed by atoms with Crippen LogP contribution in [0, 0.1) is 5.82 Å². The Balaban J connectivity index is 0.000000292. The minimum absolute atomic E-state index is 0.319. The maximum Gasteiger partial charge on any atom is 0.150 e. The third-order valence-electron chi connectivity index (χ3n) is 1.41. The Labute approximate surface area is 83.7 Å². The number of hydrogen-bond donors (Lipinski definition) is 0. The lowest BCUT2D eigenvalue weighted by Gasteiger charge is -1.86. The molecule has 0 fully saturated rings. The molecule has 1 aromatic carbocycles. The molecule has 3 heteroatoms. The summed E-state index contributed by atoms with van der Waals surface area (Å²) in [4.78, 5) is 10.00. The van der Waals surface area contributed by atoms with Crippen molar-refractivity contribution in [2.45, 2.75) is 13.8 Å². The summed E-state index contributed by atoms with van der Waals surface area (Å²) in [6.45, 7) is 5.67. The van der Waals surface area contributed by atoms with Gasteiger partial charge in [-0.3, -0.25) is 4.79 Å². The third-order valence-corrected chi connectivity index (χ3v) is 1.41. The van der Waals surface area contributed by atoms with Gasteiger partial charge in [0.1, 0.15) is 12.1 Å². The highest BCUT2D eigenvalue weighted by Crippen LogP contribution is 1.98. The molecule has 78 valence electrons. The Kier molecular flexibility index (Phi) is 7.65. The molecular formula is C11H15FO2. The topological polar surface area (TPSA) is 26.3 Å². The minimum Gasteiger partial charge on any atom is -0.382 e. The molecule has 0 unspecified atom stereocenters. The summed E-state index contributed by atoms with van der Waals surface area (Å²) in [7, 11) is 0. The standard InChI is InChI=1S/C7H5FO.C4H10O/c8-7-3-1-6(5-9)2-4-7;1-3-5-4-2/h1-5H;3-4H2,1-2H3. The largest absolute Gasteiger partial charge is 0.382 e. The number of carbonyl (C=O) groups is 1. The molecule has 0 spiro atoms. The maximum atomic E-state index is 12.1. The summed E-state index contributed by atoms with van der Waals surface area (Å²) in [5, 5.41) is 0. The van der Waals surface area contributed by atoms with E-state index >= 15 is 0 Å². The predicted octanol–water partition coefficient (Wildman–Crippen LogP) is 2.68. The van der Waals surface area contributed by atoms with E-state index < -0.39 is 0 Å². The first-order valence-electron chi connectivity index (χ1n) is 4.53. The Morgan fingerprint density at radius 2 is 1.71 bits per heavy atom. The van der Waals surface area contributed by atoms with Crippen LogP contribution in [0.2, 0.25) is 0 Å². The lowest BCUT2D eigenvalue weighted by molar-refractivity contribution is 0.112. The second-order valence-electron chi connectivity index (χ2n) is 2.45. The van der Waals surface area contributed by atoms with Crippen molar-refractivity contribution in [3.63, 3.8) is 0 Å². The third kappa shape index (κ3) is 6.31. The highest BCUT2D eigenvalue weighted by molar-refractivity contribution is 5.74. The van der Waals surface area contributed by atoms with Crippen molar-refractivity contribution < 1.29 is 13.9 Å². The molecule has 0 bridgehead atoms. The van der Waals surface area contributed by atoms with Gasteiger partial charge in [-0.2, -0.15) is 0 Å². The van der Waals surface area contributed by atoms with Crippen LogP contribution in [0.15, 0.2) is 24.3 Å². The smallest absolute Gasteiger partial charge is 0.150 e. The van der Waals surface area contributed by atoms with Crippen LogP contribution in [0.3, 0.4) is 0 Å². The van der Waals surface area contributed by atoms with Gasteiger partial charge in [0.05, 0.1) is 0 Å². The van der Waals surface area contributed by atoms with Gasteiger partial charge >= 0.3 is 0 Å². The molecule has 14 heavy (non-hydrogen) atoms. The van der Waals surface area contributed by atoms with Gasteiger partial charge in [0.2, 0.25) is 0 Å². The fourth-order valence-corrected chi connectivity index (χ4v) is 0.745. The number of aldehydes is 1. The molecule has 1 rings (SSSR count). The monoisotopic (exact) mass is 198 g/mol. The van der Waals surface area contributed by atoms with Crippen LogP contribution in [0.1, 0.15) is 24.2 Å². The number of rotatable bonds is 3. The average Bonchev–Trinajstić information content (AvgIpc) is 2.21. The fraction of sp³-hybridized carbons (Fsp3) is 0.364. The summed E-state index contributed by atoms with van der Waals surface area (Å²) < 4.78 is 16.9. The van der Waals surface area contributed by atoms with Gasteiger partial charge < -0.3 is 4.74 Å². The molecule has 0 saturated carbocycles. The van der Waals surface area contributed by atoms with E-state index in [0.717, 1.165) is 13.2 Å². The van der Waals surface area contributed by atoms with Crippen molar-refractivity contribution in [2.24, 2.45) is 0 Å². The van der Waals surface area contributed by atoms with E-state index in [4.69, 9.17) is 4.74 Å². The Hall–Kier alpha value is -1.22. The molecule has 2 nitrogen and oxygen atoms in total. The quantitative estimate of drug-likeness (QED) is 0.698. The first-order valence-corrected chi connectivity index (χ1v) is 4.53. The van der Waals surface area contributed by atoms with Gasteiger partial charge in [0.25, 0.3) is 0 Å². The van der Waals surface area contributed by atoms with Crippen LogP contribution in [0.5, 0.6) is 0 Å². The molecule has 0 aromatic heterocycles. The predicted molar refractivity (Wildman–Crippen MR) is 54.0 cm³/mol. The second kappa shape index (κ2) is 8.38. The molecule has 0 radical (unpaired) electrons. The van der Waals surface area contributed by atoms with Crippen molar-refractivity contribution in [1.82, 2.24) is 0 Å². The van der Waals surface area contributed by atoms with E-state index in [0.29, 0.717) is 11.8 Å². The van der Waals surface area contributed by atoms with Crippen LogP contribution in [-0.4, -0.2) is 19.5 Å². The van der Waals surface area contributed by atoms with E-state index in [1.807, 2.05) is 13.8 Å². The number of hydrogen-bond acceptors (Lipinski definition) is 2. The number of carbonyl (C=O) groups excluding carboxylic acids is 1. The minimum atomic E-state index is -0.319. The SMILES string of the molecule is CCOCC.O=Cc1ccc(F)cc1. The van der Waals surface area contributed by atoms with Crippen molar-refractivity contribution >= 4 is 6.29 Å². The van der Waals surface area contributed by atoms with Gasteiger partial charge in [-0.1, -0.05) is 0 Å². The Morgan fingerprint density at radius 1 is 1.21 bits per heavy atom. The number of halogens is 1. The molecule has 0 atom stereocenters. The molecule has 0 aliphatic rings. The van der Waals surface area contributed by atoms with Gasteiger partial charge in [0, 0.05) is 18.8 Å². The summed E-state index contributed by atoms with van der Waals surface area (Å²) >= 11 is 0. The fourth-order valence-electron chi connectivity index (χ4n) is 0.745. The van der Waals surface area contributed by atoms with Crippen LogP contribution in [-0.2, 0) is 4.74 Å². The van der Waals surface area contributed by atoms with Gasteiger partial charge in [-0.25, -0.2) is 4.39 Å². The van der Waals surface area contributed by atoms with Gasteiger partial charge in [-0.05, 0) is 38.1 Å². The zero-order chi connectivity index (χ0) is 10.8. The van der Waals surface area contributed by atoms with E-state index in [1.54, 1.807) is 0 Å². The zero-order valence-electron chi connectivity index (χ0n) is 8.50. The van der Waals surface area contributed by atoms with Crippen LogP contribution < -0.4 is 0 Å². The second-order valence-corrected chi connectivity index (χ2v) is 2.45. The van der Waals surface area contributed by atoms with Gasteiger partial charge in [-0.15, -0.1) is 0 Å². The average molecular weight is 198 g/mol. The van der Waals surface area contributed by atoms with Crippen molar-refractivity contribution in [1.29, 1.82) is 0 Å². The summed E-state index contributed by atoms with van der Waals surface area (Å²) in [5.41, 5.74) is 0.497. The summed E-state index contributed by atoms with van der Waals surface area (Å²) in [5.74, 6) is -0.319. The van der Waals surface area contributed by atoms with E-state index in [9.17, 15) is 9.18 Å². The molecule has 0 N–H and O–H groups in total. The lowest BCUT2D eigenvalue weighted by atomic mass is 10.2. The molecule has 0 aliphatic heterocycles. The number of ether oxygens (including phenoxy) is 1. The van der Waals surface area contributed by atoms with Crippen molar-refractivity contribution in [3.8, 4) is 0 Å². The first-order chi connectivity index (χ1) is 6.74. The van der Waals surface area contributed by atoms with Crippen molar-refractivity contribution in [3.05, 3.63) is 35.6 Å². The van der Waals surface area contributed by atoms with E-state index in [-0.39, 0.29) is 5.82 Å². The highest BCUT2D eigenvalue weighted by Gasteiger charge is 1.87. The van der Waals surface area contributed by atoms with E-state index in [1.165, 1.54) is 24.3 Å². The Morgan fingerprint density at radius 3 is 2.00 bits per heavy atom. The lowest BCUT2D eigenvalue weighted by Crippen LogP contribution is -1.84. The number of benzene rings is 1. The summed E-state index contributed by atoms with van der Waals surface area (Å²) in [6, 6.07) is 5.37. The van der Waals surface area contributed by atoms with Crippen LogP contribution >= 0.6 is 0 Å². The van der Waals surface area contributed by atoms with Crippen LogP contribution in [0.25, 0.3) is 0 Å². The van der Waals surface area contributed by atoms with Crippen molar-refractivity contribution in [2.75, 3.05) is 13.2 Å². The Bertz CT molecular complexity index is 242. The zero-order valence-corrected chi connectivity index (χ0v) is 8.50. The summed E-state index contributed by atoms with van der Waals surface area (Å²) in [6.07, 6.45) is 0.680. The molecule has 0 amide bonds. The highest BCUT2D eigenvalue weighted by atomic mass is 19.1. The maximum absolute atomic E-state index is 12.1. The molecule has 1 aromatic rings. The molecule has 0 saturated heterocycles. The van der Waals surface area contributed by atoms with Gasteiger partial charge in [0.15, 0.2) is 0 Å².